The van der Waals surface area contributed by atoms with E-state index in [1.165, 1.54) is 32.9 Å². The molecule has 0 saturated carbocycles. The summed E-state index contributed by atoms with van der Waals surface area (Å²) >= 11 is 0. The predicted octanol–water partition coefficient (Wildman–Crippen LogP) is 7.59. The SMILES string of the molecule is C=N/C=C(C)\C=C/Cn1c2ccccc2c2ccc(-c3cccc4c3OC3C=CC=CC43)cc21. The van der Waals surface area contributed by atoms with Gasteiger partial charge in [0.05, 0.1) is 5.52 Å². The second-order valence-corrected chi connectivity index (χ2v) is 8.92. The van der Waals surface area contributed by atoms with Gasteiger partial charge in [0.1, 0.15) is 11.9 Å². The summed E-state index contributed by atoms with van der Waals surface area (Å²) in [6.07, 6.45) is 14.7. The summed E-state index contributed by atoms with van der Waals surface area (Å²) in [5.74, 6) is 1.30. The Morgan fingerprint density at radius 2 is 1.85 bits per heavy atom. The molecule has 166 valence electrons. The summed E-state index contributed by atoms with van der Waals surface area (Å²) in [4.78, 5) is 3.86. The number of rotatable bonds is 5. The van der Waals surface area contributed by atoms with Gasteiger partial charge in [-0.1, -0.05) is 78.9 Å². The first kappa shape index (κ1) is 20.5. The zero-order valence-electron chi connectivity index (χ0n) is 19.2. The van der Waals surface area contributed by atoms with E-state index in [0.717, 1.165) is 23.4 Å². The van der Waals surface area contributed by atoms with E-state index in [0.29, 0.717) is 5.92 Å². The maximum Gasteiger partial charge on any atom is 0.132 e. The third kappa shape index (κ3) is 3.32. The van der Waals surface area contributed by atoms with Gasteiger partial charge in [0.15, 0.2) is 0 Å². The van der Waals surface area contributed by atoms with E-state index in [2.05, 4.69) is 113 Å². The number of fused-ring (bicyclic) bond motifs is 6. The maximum atomic E-state index is 6.44. The minimum Gasteiger partial charge on any atom is -0.484 e. The average molecular weight is 443 g/mol. The number of hydrogen-bond acceptors (Lipinski definition) is 2. The van der Waals surface area contributed by atoms with E-state index in [9.17, 15) is 0 Å². The largest absolute Gasteiger partial charge is 0.484 e. The van der Waals surface area contributed by atoms with Gasteiger partial charge in [-0.15, -0.1) is 0 Å². The summed E-state index contributed by atoms with van der Waals surface area (Å²) in [6, 6.07) is 21.9. The highest BCUT2D eigenvalue weighted by Gasteiger charge is 2.33. The van der Waals surface area contributed by atoms with Crippen LogP contribution in [0.2, 0.25) is 0 Å². The Morgan fingerprint density at radius 3 is 2.76 bits per heavy atom. The van der Waals surface area contributed by atoms with Gasteiger partial charge in [0, 0.05) is 46.1 Å². The molecule has 0 amide bonds. The first-order chi connectivity index (χ1) is 16.7. The molecule has 2 heterocycles. The van der Waals surface area contributed by atoms with E-state index in [1.54, 1.807) is 6.20 Å². The van der Waals surface area contributed by atoms with Crippen molar-refractivity contribution in [1.82, 2.24) is 4.57 Å². The molecule has 1 aliphatic carbocycles. The molecule has 0 spiro atoms. The van der Waals surface area contributed by atoms with Gasteiger partial charge in [0.25, 0.3) is 0 Å². The molecule has 2 aliphatic rings. The van der Waals surface area contributed by atoms with Gasteiger partial charge in [-0.3, -0.25) is 4.99 Å². The molecule has 6 rings (SSSR count). The number of aliphatic imine (C=N–C) groups is 1. The molecule has 2 unspecified atom stereocenters. The fourth-order valence-corrected chi connectivity index (χ4v) is 5.24. The Morgan fingerprint density at radius 1 is 1.00 bits per heavy atom. The van der Waals surface area contributed by atoms with Crippen LogP contribution in [0.15, 0.2) is 114 Å². The molecule has 0 fully saturated rings. The smallest absolute Gasteiger partial charge is 0.132 e. The van der Waals surface area contributed by atoms with E-state index in [1.807, 2.05) is 6.92 Å². The standard InChI is InChI=1S/C31H26N2O/c1-21(20-32-2)9-8-18-33-28-14-5-3-10-24(28)25-17-16-22(19-29(25)33)23-12-7-13-27-26-11-4-6-15-30(26)34-31(23)27/h3-17,19-20,26,30H,2,18H2,1H3/b9-8-,21-20-. The zero-order chi connectivity index (χ0) is 23.1. The molecular weight excluding hydrogens is 416 g/mol. The monoisotopic (exact) mass is 442 g/mol. The lowest BCUT2D eigenvalue weighted by Gasteiger charge is -2.14. The van der Waals surface area contributed by atoms with Crippen LogP contribution in [-0.4, -0.2) is 17.4 Å². The first-order valence-electron chi connectivity index (χ1n) is 11.7. The quantitative estimate of drug-likeness (QED) is 0.231. The molecule has 2 atom stereocenters. The number of nitrogens with zero attached hydrogens (tertiary/aromatic N) is 2. The Balaban J connectivity index is 1.48. The van der Waals surface area contributed by atoms with Gasteiger partial charge in [-0.25, -0.2) is 0 Å². The fourth-order valence-electron chi connectivity index (χ4n) is 5.24. The molecule has 0 radical (unpaired) electrons. The van der Waals surface area contributed by atoms with E-state index in [4.69, 9.17) is 4.74 Å². The highest BCUT2D eigenvalue weighted by Crippen LogP contribution is 2.47. The molecule has 1 aliphatic heterocycles. The predicted molar refractivity (Wildman–Crippen MR) is 143 cm³/mol. The molecule has 3 nitrogen and oxygen atoms in total. The van der Waals surface area contributed by atoms with Crippen molar-refractivity contribution in [2.75, 3.05) is 0 Å². The second-order valence-electron chi connectivity index (χ2n) is 8.92. The van der Waals surface area contributed by atoms with E-state index < -0.39 is 0 Å². The minimum atomic E-state index is 0.0859. The van der Waals surface area contributed by atoms with Crippen molar-refractivity contribution in [2.45, 2.75) is 25.5 Å². The lowest BCUT2D eigenvalue weighted by atomic mass is 9.90. The van der Waals surface area contributed by atoms with Crippen LogP contribution >= 0.6 is 0 Å². The second kappa shape index (κ2) is 8.35. The highest BCUT2D eigenvalue weighted by atomic mass is 16.5. The van der Waals surface area contributed by atoms with E-state index in [-0.39, 0.29) is 6.10 Å². The van der Waals surface area contributed by atoms with Crippen LogP contribution < -0.4 is 4.74 Å². The van der Waals surface area contributed by atoms with Crippen molar-refractivity contribution in [2.24, 2.45) is 4.99 Å². The summed E-state index contributed by atoms with van der Waals surface area (Å²) in [5.41, 5.74) is 7.13. The van der Waals surface area contributed by atoms with Crippen LogP contribution in [0.4, 0.5) is 0 Å². The van der Waals surface area contributed by atoms with Crippen LogP contribution in [0.5, 0.6) is 5.75 Å². The lowest BCUT2D eigenvalue weighted by Crippen LogP contribution is -2.15. The molecule has 3 heteroatoms. The molecule has 3 aromatic carbocycles. The van der Waals surface area contributed by atoms with Gasteiger partial charge in [-0.05, 0) is 43.0 Å². The van der Waals surface area contributed by atoms with Gasteiger partial charge in [-0.2, -0.15) is 0 Å². The molecular formula is C31H26N2O. The number of benzene rings is 3. The number of para-hydroxylation sites is 2. The molecule has 1 aromatic heterocycles. The number of ether oxygens (including phenoxy) is 1. The Bertz CT molecular complexity index is 1550. The van der Waals surface area contributed by atoms with Crippen LogP contribution in [0.1, 0.15) is 18.4 Å². The first-order valence-corrected chi connectivity index (χ1v) is 11.7. The molecule has 0 N–H and O–H groups in total. The summed E-state index contributed by atoms with van der Waals surface area (Å²) < 4.78 is 8.82. The lowest BCUT2D eigenvalue weighted by molar-refractivity contribution is 0.270. The fraction of sp³-hybridized carbons (Fsp3) is 0.129. The van der Waals surface area contributed by atoms with Crippen molar-refractivity contribution < 1.29 is 4.74 Å². The molecule has 4 aromatic rings. The summed E-state index contributed by atoms with van der Waals surface area (Å²) in [7, 11) is 0. The summed E-state index contributed by atoms with van der Waals surface area (Å²) in [5, 5.41) is 2.54. The topological polar surface area (TPSA) is 26.5 Å². The highest BCUT2D eigenvalue weighted by molar-refractivity contribution is 6.09. The van der Waals surface area contributed by atoms with Crippen molar-refractivity contribution in [3.8, 4) is 16.9 Å². The normalized spacial score (nSPS) is 19.0. The number of allylic oxidation sites excluding steroid dienone is 5. The maximum absolute atomic E-state index is 6.44. The Kier molecular flexibility index (Phi) is 5.03. The zero-order valence-corrected chi connectivity index (χ0v) is 19.2. The van der Waals surface area contributed by atoms with Crippen LogP contribution in [0, 0.1) is 0 Å². The van der Waals surface area contributed by atoms with Crippen LogP contribution in [0.3, 0.4) is 0 Å². The molecule has 0 bridgehead atoms. The van der Waals surface area contributed by atoms with Crippen LogP contribution in [-0.2, 0) is 6.54 Å². The Hall–Kier alpha value is -4.11. The third-order valence-electron chi connectivity index (χ3n) is 6.79. The average Bonchev–Trinajstić information content (AvgIpc) is 3.40. The molecule has 34 heavy (non-hydrogen) atoms. The minimum absolute atomic E-state index is 0.0859. The Labute approximate surface area is 199 Å². The van der Waals surface area contributed by atoms with Gasteiger partial charge in [0.2, 0.25) is 0 Å². The van der Waals surface area contributed by atoms with Crippen molar-refractivity contribution >= 4 is 28.5 Å². The van der Waals surface area contributed by atoms with Crippen molar-refractivity contribution in [3.63, 3.8) is 0 Å². The number of aromatic nitrogens is 1. The van der Waals surface area contributed by atoms with Crippen molar-refractivity contribution in [1.29, 1.82) is 0 Å². The van der Waals surface area contributed by atoms with Crippen LogP contribution in [0.25, 0.3) is 32.9 Å². The van der Waals surface area contributed by atoms with Crippen molar-refractivity contribution in [3.05, 3.63) is 114 Å². The molecule has 0 saturated heterocycles. The summed E-state index contributed by atoms with van der Waals surface area (Å²) in [6.45, 7) is 6.36. The number of hydrogen-bond donors (Lipinski definition) is 0. The van der Waals surface area contributed by atoms with E-state index >= 15 is 0 Å². The van der Waals surface area contributed by atoms with Gasteiger partial charge < -0.3 is 9.30 Å². The third-order valence-corrected chi connectivity index (χ3v) is 6.79. The van der Waals surface area contributed by atoms with Gasteiger partial charge >= 0.3 is 0 Å².